The fourth-order valence-corrected chi connectivity index (χ4v) is 3.85. The second-order valence-corrected chi connectivity index (χ2v) is 6.79. The summed E-state index contributed by atoms with van der Waals surface area (Å²) in [6, 6.07) is 8.79. The molecule has 2 aromatic rings. The smallest absolute Gasteiger partial charge is 0.254 e. The molecule has 3 rings (SSSR count). The number of aryl methyl sites for hydroxylation is 2. The summed E-state index contributed by atoms with van der Waals surface area (Å²) >= 11 is 1.69. The van der Waals surface area contributed by atoms with E-state index in [1.54, 1.807) is 23.5 Å². The number of thiazole rings is 1. The predicted octanol–water partition coefficient (Wildman–Crippen LogP) is 2.93. The van der Waals surface area contributed by atoms with Gasteiger partial charge in [0.1, 0.15) is 5.01 Å². The Balaban J connectivity index is 1.67. The second-order valence-electron chi connectivity index (χ2n) is 5.67. The van der Waals surface area contributed by atoms with Gasteiger partial charge in [-0.15, -0.1) is 11.3 Å². The van der Waals surface area contributed by atoms with Crippen molar-refractivity contribution in [1.82, 2.24) is 10.3 Å². The number of carbonyl (C=O) groups is 1. The van der Waals surface area contributed by atoms with E-state index in [2.05, 4.69) is 10.3 Å². The Morgan fingerprint density at radius 2 is 2.00 bits per heavy atom. The molecule has 0 aliphatic heterocycles. The fourth-order valence-electron chi connectivity index (χ4n) is 2.70. The van der Waals surface area contributed by atoms with Gasteiger partial charge in [-0.1, -0.05) is 30.3 Å². The largest absolute Gasteiger partial charge is 0.378 e. The van der Waals surface area contributed by atoms with Crippen LogP contribution in [0.25, 0.3) is 0 Å². The summed E-state index contributed by atoms with van der Waals surface area (Å²) in [7, 11) is 0. The number of rotatable bonds is 4. The molecule has 0 saturated heterocycles. The molecule has 0 radical (unpaired) electrons. The van der Waals surface area contributed by atoms with Crippen molar-refractivity contribution in [2.45, 2.75) is 44.8 Å². The molecule has 1 amide bonds. The number of hydrogen-bond donors (Lipinski definition) is 2. The van der Waals surface area contributed by atoms with E-state index in [4.69, 9.17) is 0 Å². The maximum Gasteiger partial charge on any atom is 0.254 e. The second kappa shape index (κ2) is 6.58. The first kappa shape index (κ1) is 15.2. The summed E-state index contributed by atoms with van der Waals surface area (Å²) in [5.41, 5.74) is 1.79. The fraction of sp³-hybridized carbons (Fsp3) is 0.412. The van der Waals surface area contributed by atoms with Gasteiger partial charge in [-0.25, -0.2) is 4.98 Å². The van der Waals surface area contributed by atoms with Gasteiger partial charge in [0.2, 0.25) is 0 Å². The number of fused-ring (bicyclic) bond motifs is 1. The van der Waals surface area contributed by atoms with Gasteiger partial charge in [0.15, 0.2) is 6.10 Å². The first-order chi connectivity index (χ1) is 10.6. The van der Waals surface area contributed by atoms with Gasteiger partial charge < -0.3 is 10.4 Å². The number of aromatic nitrogens is 1. The van der Waals surface area contributed by atoms with E-state index in [0.29, 0.717) is 5.56 Å². The van der Waals surface area contributed by atoms with Crippen LogP contribution < -0.4 is 5.32 Å². The average molecular weight is 316 g/mol. The average Bonchev–Trinajstić information content (AvgIpc) is 2.99. The summed E-state index contributed by atoms with van der Waals surface area (Å²) in [6.45, 7) is 1.92. The number of nitrogens with zero attached hydrogens (tertiary/aromatic N) is 1. The minimum atomic E-state index is -1.14. The van der Waals surface area contributed by atoms with Gasteiger partial charge in [-0.3, -0.25) is 4.79 Å². The lowest BCUT2D eigenvalue weighted by Gasteiger charge is -2.15. The number of aliphatic hydroxyl groups excluding tert-OH is 1. The number of amides is 1. The van der Waals surface area contributed by atoms with Crippen LogP contribution in [-0.4, -0.2) is 16.0 Å². The molecule has 1 aliphatic carbocycles. The first-order valence-corrected chi connectivity index (χ1v) is 8.48. The maximum absolute atomic E-state index is 12.2. The SMILES string of the molecule is C[C@H](NC(=O)[C@H](O)c1ccccc1)c1nc2c(s1)CCCC2. The summed E-state index contributed by atoms with van der Waals surface area (Å²) in [5, 5.41) is 13.9. The van der Waals surface area contributed by atoms with Gasteiger partial charge in [-0.2, -0.15) is 0 Å². The van der Waals surface area contributed by atoms with Crippen molar-refractivity contribution in [3.8, 4) is 0 Å². The van der Waals surface area contributed by atoms with Gasteiger partial charge >= 0.3 is 0 Å². The standard InChI is InChI=1S/C17H20N2O2S/c1-11(17-19-13-9-5-6-10-14(13)22-17)18-16(21)15(20)12-7-3-2-4-8-12/h2-4,7-8,11,15,20H,5-6,9-10H2,1H3,(H,18,21)/t11-,15+/m0/s1. The van der Waals surface area contributed by atoms with Crippen molar-refractivity contribution < 1.29 is 9.90 Å². The molecule has 1 aromatic heterocycles. The third-order valence-electron chi connectivity index (χ3n) is 3.96. The van der Waals surface area contributed by atoms with Gasteiger partial charge in [0.25, 0.3) is 5.91 Å². The van der Waals surface area contributed by atoms with Crippen LogP contribution in [0.15, 0.2) is 30.3 Å². The van der Waals surface area contributed by atoms with Crippen LogP contribution in [0, 0.1) is 0 Å². The Morgan fingerprint density at radius 3 is 2.73 bits per heavy atom. The van der Waals surface area contributed by atoms with E-state index in [-0.39, 0.29) is 11.9 Å². The predicted molar refractivity (Wildman–Crippen MR) is 86.7 cm³/mol. The lowest BCUT2D eigenvalue weighted by Crippen LogP contribution is -2.31. The van der Waals surface area contributed by atoms with Gasteiger partial charge in [0, 0.05) is 4.88 Å². The third-order valence-corrected chi connectivity index (χ3v) is 5.30. The summed E-state index contributed by atoms with van der Waals surface area (Å²) in [4.78, 5) is 18.2. The van der Waals surface area contributed by atoms with Gasteiger partial charge in [0.05, 0.1) is 11.7 Å². The molecule has 0 saturated carbocycles. The highest BCUT2D eigenvalue weighted by atomic mass is 32.1. The van der Waals surface area contributed by atoms with Crippen molar-refractivity contribution in [3.05, 3.63) is 51.5 Å². The zero-order valence-corrected chi connectivity index (χ0v) is 13.4. The number of carbonyl (C=O) groups excluding carboxylic acids is 1. The van der Waals surface area contributed by atoms with E-state index < -0.39 is 6.10 Å². The molecule has 0 fully saturated rings. The Labute approximate surface area is 134 Å². The number of hydrogen-bond acceptors (Lipinski definition) is 4. The lowest BCUT2D eigenvalue weighted by atomic mass is 10.0. The molecule has 1 aromatic carbocycles. The number of aliphatic hydroxyl groups is 1. The van der Waals surface area contributed by atoms with Crippen LogP contribution in [0.1, 0.15) is 53.1 Å². The molecule has 1 aliphatic rings. The Morgan fingerprint density at radius 1 is 1.27 bits per heavy atom. The minimum absolute atomic E-state index is 0.179. The zero-order valence-electron chi connectivity index (χ0n) is 12.6. The van der Waals surface area contributed by atoms with Crippen molar-refractivity contribution in [2.24, 2.45) is 0 Å². The summed E-state index contributed by atoms with van der Waals surface area (Å²) in [5.74, 6) is -0.383. The van der Waals surface area contributed by atoms with Crippen LogP contribution in [-0.2, 0) is 17.6 Å². The highest BCUT2D eigenvalue weighted by Gasteiger charge is 2.23. The topological polar surface area (TPSA) is 62.2 Å². The Bertz CT molecular complexity index is 630. The number of nitrogens with one attached hydrogen (secondary N) is 1. The molecule has 5 heteroatoms. The highest BCUT2D eigenvalue weighted by molar-refractivity contribution is 7.11. The van der Waals surface area contributed by atoms with Crippen molar-refractivity contribution in [1.29, 1.82) is 0 Å². The Kier molecular flexibility index (Phi) is 4.55. The molecule has 0 spiro atoms. The molecule has 1 heterocycles. The van der Waals surface area contributed by atoms with Crippen molar-refractivity contribution >= 4 is 17.2 Å². The lowest BCUT2D eigenvalue weighted by molar-refractivity contribution is -0.130. The highest BCUT2D eigenvalue weighted by Crippen LogP contribution is 2.30. The van der Waals surface area contributed by atoms with Crippen LogP contribution >= 0.6 is 11.3 Å². The van der Waals surface area contributed by atoms with Crippen LogP contribution in [0.2, 0.25) is 0 Å². The van der Waals surface area contributed by atoms with E-state index in [1.807, 2.05) is 25.1 Å². The first-order valence-electron chi connectivity index (χ1n) is 7.67. The van der Waals surface area contributed by atoms with Gasteiger partial charge in [-0.05, 0) is 38.2 Å². The van der Waals surface area contributed by atoms with Crippen LogP contribution in [0.5, 0.6) is 0 Å². The molecule has 0 bridgehead atoms. The normalized spacial score (nSPS) is 16.6. The zero-order chi connectivity index (χ0) is 15.5. The van der Waals surface area contributed by atoms with Crippen molar-refractivity contribution in [2.75, 3.05) is 0 Å². The monoisotopic (exact) mass is 316 g/mol. The van der Waals surface area contributed by atoms with E-state index >= 15 is 0 Å². The van der Waals surface area contributed by atoms with Crippen LogP contribution in [0.4, 0.5) is 0 Å². The van der Waals surface area contributed by atoms with Crippen LogP contribution in [0.3, 0.4) is 0 Å². The number of benzene rings is 1. The molecule has 2 N–H and O–H groups in total. The van der Waals surface area contributed by atoms with E-state index in [9.17, 15) is 9.90 Å². The Hall–Kier alpha value is -1.72. The molecule has 0 unspecified atom stereocenters. The maximum atomic E-state index is 12.2. The molecule has 22 heavy (non-hydrogen) atoms. The molecular formula is C17H20N2O2S. The van der Waals surface area contributed by atoms with E-state index in [0.717, 1.165) is 17.8 Å². The summed E-state index contributed by atoms with van der Waals surface area (Å²) < 4.78 is 0. The molecular weight excluding hydrogens is 296 g/mol. The third kappa shape index (κ3) is 3.20. The van der Waals surface area contributed by atoms with E-state index in [1.165, 1.54) is 23.4 Å². The quantitative estimate of drug-likeness (QED) is 0.911. The molecule has 4 nitrogen and oxygen atoms in total. The molecule has 2 atom stereocenters. The summed E-state index contributed by atoms with van der Waals surface area (Å²) in [6.07, 6.45) is 3.42. The minimum Gasteiger partial charge on any atom is -0.378 e. The molecule has 116 valence electrons. The van der Waals surface area contributed by atoms with Crippen molar-refractivity contribution in [3.63, 3.8) is 0 Å².